The summed E-state index contributed by atoms with van der Waals surface area (Å²) < 4.78 is 5.52. The van der Waals surface area contributed by atoms with Crippen LogP contribution in [0, 0.1) is 11.3 Å². The predicted molar refractivity (Wildman–Crippen MR) is 80.8 cm³/mol. The molecule has 0 spiro atoms. The highest BCUT2D eigenvalue weighted by Gasteiger charge is 2.35. The van der Waals surface area contributed by atoms with Crippen LogP contribution in [0.25, 0.3) is 0 Å². The molecule has 0 amide bonds. The molecule has 3 rings (SSSR count). The van der Waals surface area contributed by atoms with Crippen molar-refractivity contribution >= 4 is 11.3 Å². The lowest BCUT2D eigenvalue weighted by molar-refractivity contribution is 0.379. The fourth-order valence-electron chi connectivity index (χ4n) is 2.59. The number of aromatic amines is 1. The number of fused-ring (bicyclic) bond motifs is 1. The summed E-state index contributed by atoms with van der Waals surface area (Å²) in [5.41, 5.74) is 8.35. The van der Waals surface area contributed by atoms with Crippen molar-refractivity contribution in [1.29, 1.82) is 5.26 Å². The zero-order valence-electron chi connectivity index (χ0n) is 11.7. The van der Waals surface area contributed by atoms with E-state index >= 15 is 0 Å². The molecule has 108 valence electrons. The first kappa shape index (κ1) is 13.7. The molecule has 21 heavy (non-hydrogen) atoms. The van der Waals surface area contributed by atoms with Gasteiger partial charge in [-0.25, -0.2) is 0 Å². The van der Waals surface area contributed by atoms with Crippen LogP contribution in [0.5, 0.6) is 5.88 Å². The van der Waals surface area contributed by atoms with E-state index in [1.165, 1.54) is 0 Å². The fraction of sp³-hybridized carbons (Fsp3) is 0.333. The number of nitrogens with two attached hydrogens (primary N) is 1. The summed E-state index contributed by atoms with van der Waals surface area (Å²) in [6.07, 6.45) is 3.05. The van der Waals surface area contributed by atoms with Crippen molar-refractivity contribution < 1.29 is 4.74 Å². The molecule has 0 aliphatic carbocycles. The van der Waals surface area contributed by atoms with E-state index < -0.39 is 0 Å². The maximum absolute atomic E-state index is 9.47. The SMILES string of the molecule is CCCCc1[nH]nc2c1C(c1cccs1)C(C#N)=C(N)O2. The third kappa shape index (κ3) is 2.30. The number of allylic oxidation sites excluding steroid dienone is 1. The number of nitrogens with one attached hydrogen (secondary N) is 1. The maximum Gasteiger partial charge on any atom is 0.244 e. The van der Waals surface area contributed by atoms with E-state index in [1.807, 2.05) is 17.5 Å². The molecule has 6 heteroatoms. The molecule has 0 radical (unpaired) electrons. The lowest BCUT2D eigenvalue weighted by atomic mass is 9.88. The minimum absolute atomic E-state index is 0.150. The van der Waals surface area contributed by atoms with Crippen molar-refractivity contribution in [2.75, 3.05) is 0 Å². The lowest BCUT2D eigenvalue weighted by Gasteiger charge is -2.22. The van der Waals surface area contributed by atoms with Gasteiger partial charge in [-0.2, -0.15) is 5.26 Å². The Morgan fingerprint density at radius 2 is 2.43 bits per heavy atom. The number of nitriles is 1. The summed E-state index contributed by atoms with van der Waals surface area (Å²) in [5, 5.41) is 18.7. The van der Waals surface area contributed by atoms with E-state index in [1.54, 1.807) is 11.3 Å². The minimum atomic E-state index is -0.177. The Hall–Kier alpha value is -2.26. The Morgan fingerprint density at radius 1 is 1.57 bits per heavy atom. The van der Waals surface area contributed by atoms with Crippen molar-refractivity contribution in [2.24, 2.45) is 5.73 Å². The maximum atomic E-state index is 9.47. The smallest absolute Gasteiger partial charge is 0.244 e. The molecule has 0 saturated carbocycles. The quantitative estimate of drug-likeness (QED) is 0.908. The number of H-pyrrole nitrogens is 1. The van der Waals surface area contributed by atoms with Gasteiger partial charge in [-0.3, -0.25) is 5.10 Å². The van der Waals surface area contributed by atoms with E-state index in [0.717, 1.165) is 35.4 Å². The van der Waals surface area contributed by atoms with E-state index in [4.69, 9.17) is 10.5 Å². The molecule has 0 saturated heterocycles. The highest BCUT2D eigenvalue weighted by Crippen LogP contribution is 2.44. The van der Waals surface area contributed by atoms with Crippen molar-refractivity contribution in [2.45, 2.75) is 32.1 Å². The molecule has 2 aromatic rings. The van der Waals surface area contributed by atoms with Gasteiger partial charge in [0.1, 0.15) is 11.6 Å². The van der Waals surface area contributed by atoms with Crippen LogP contribution >= 0.6 is 11.3 Å². The minimum Gasteiger partial charge on any atom is -0.420 e. The standard InChI is InChI=1S/C15H16N4OS/c1-2-3-5-10-13-12(11-6-4-7-21-11)9(8-16)14(17)20-15(13)19-18-10/h4,6-7,12H,2-3,5,17H2,1H3,(H,18,19). The number of aromatic nitrogens is 2. The van der Waals surface area contributed by atoms with Crippen LogP contribution in [0.2, 0.25) is 0 Å². The van der Waals surface area contributed by atoms with Crippen LogP contribution < -0.4 is 10.5 Å². The Labute approximate surface area is 127 Å². The van der Waals surface area contributed by atoms with Gasteiger partial charge in [0.15, 0.2) is 0 Å². The van der Waals surface area contributed by atoms with Crippen molar-refractivity contribution in [3.05, 3.63) is 45.1 Å². The third-order valence-electron chi connectivity index (χ3n) is 3.63. The van der Waals surface area contributed by atoms with Gasteiger partial charge in [0.05, 0.1) is 11.5 Å². The van der Waals surface area contributed by atoms with E-state index in [2.05, 4.69) is 23.2 Å². The second-order valence-electron chi connectivity index (χ2n) is 4.96. The number of nitrogens with zero attached hydrogens (tertiary/aromatic N) is 2. The molecule has 5 nitrogen and oxygen atoms in total. The Balaban J connectivity index is 2.12. The van der Waals surface area contributed by atoms with Crippen molar-refractivity contribution in [3.63, 3.8) is 0 Å². The fourth-order valence-corrected chi connectivity index (χ4v) is 3.44. The zero-order chi connectivity index (χ0) is 14.8. The molecule has 3 heterocycles. The van der Waals surface area contributed by atoms with Crippen LogP contribution in [0.15, 0.2) is 29.0 Å². The molecular formula is C15H16N4OS. The Kier molecular flexibility index (Phi) is 3.67. The average molecular weight is 300 g/mol. The third-order valence-corrected chi connectivity index (χ3v) is 4.56. The molecule has 1 unspecified atom stereocenters. The van der Waals surface area contributed by atoms with Gasteiger partial charge < -0.3 is 10.5 Å². The first-order valence-electron chi connectivity index (χ1n) is 6.94. The second kappa shape index (κ2) is 5.62. The van der Waals surface area contributed by atoms with Gasteiger partial charge in [-0.1, -0.05) is 19.4 Å². The topological polar surface area (TPSA) is 87.7 Å². The average Bonchev–Trinajstić information content (AvgIpc) is 3.13. The van der Waals surface area contributed by atoms with E-state index in [-0.39, 0.29) is 11.8 Å². The summed E-state index contributed by atoms with van der Waals surface area (Å²) in [6, 6.07) is 6.20. The number of ether oxygens (including phenoxy) is 1. The summed E-state index contributed by atoms with van der Waals surface area (Å²) in [4.78, 5) is 1.08. The van der Waals surface area contributed by atoms with Crippen LogP contribution in [0.4, 0.5) is 0 Å². The predicted octanol–water partition coefficient (Wildman–Crippen LogP) is 3.03. The van der Waals surface area contributed by atoms with Crippen molar-refractivity contribution in [1.82, 2.24) is 10.2 Å². The number of rotatable bonds is 4. The van der Waals surface area contributed by atoms with Crippen LogP contribution in [-0.2, 0) is 6.42 Å². The first-order valence-corrected chi connectivity index (χ1v) is 7.82. The number of aryl methyl sites for hydroxylation is 1. The molecule has 1 aliphatic rings. The Bertz CT molecular complexity index is 709. The van der Waals surface area contributed by atoms with Crippen molar-refractivity contribution in [3.8, 4) is 11.9 Å². The van der Waals surface area contributed by atoms with E-state index in [9.17, 15) is 5.26 Å². The monoisotopic (exact) mass is 300 g/mol. The van der Waals surface area contributed by atoms with Crippen LogP contribution in [0.1, 0.15) is 41.8 Å². The molecule has 0 fully saturated rings. The summed E-state index contributed by atoms with van der Waals surface area (Å²) >= 11 is 1.61. The highest BCUT2D eigenvalue weighted by atomic mass is 32.1. The summed E-state index contributed by atoms with van der Waals surface area (Å²) in [7, 11) is 0. The Morgan fingerprint density at radius 3 is 3.10 bits per heavy atom. The first-order chi connectivity index (χ1) is 10.3. The van der Waals surface area contributed by atoms with Gasteiger partial charge in [-0.15, -0.1) is 16.4 Å². The van der Waals surface area contributed by atoms with Crippen LogP contribution in [0.3, 0.4) is 0 Å². The number of thiophene rings is 1. The van der Waals surface area contributed by atoms with Gasteiger partial charge in [0.25, 0.3) is 0 Å². The molecule has 2 aromatic heterocycles. The summed E-state index contributed by atoms with van der Waals surface area (Å²) in [5.74, 6) is 0.470. The van der Waals surface area contributed by atoms with Gasteiger partial charge in [0, 0.05) is 10.6 Å². The van der Waals surface area contributed by atoms with Gasteiger partial charge >= 0.3 is 0 Å². The number of hydrogen-bond acceptors (Lipinski definition) is 5. The molecule has 3 N–H and O–H groups in total. The highest BCUT2D eigenvalue weighted by molar-refractivity contribution is 7.10. The van der Waals surface area contributed by atoms with Gasteiger partial charge in [-0.05, 0) is 24.3 Å². The zero-order valence-corrected chi connectivity index (χ0v) is 12.5. The second-order valence-corrected chi connectivity index (χ2v) is 5.94. The van der Waals surface area contributed by atoms with Gasteiger partial charge in [0.2, 0.25) is 11.8 Å². The molecular weight excluding hydrogens is 284 g/mol. The molecule has 1 aliphatic heterocycles. The number of unbranched alkanes of at least 4 members (excludes halogenated alkanes) is 1. The lowest BCUT2D eigenvalue weighted by Crippen LogP contribution is -2.20. The van der Waals surface area contributed by atoms with Crippen LogP contribution in [-0.4, -0.2) is 10.2 Å². The molecule has 1 atom stereocenters. The molecule has 0 aromatic carbocycles. The number of hydrogen-bond donors (Lipinski definition) is 2. The normalized spacial score (nSPS) is 17.2. The largest absolute Gasteiger partial charge is 0.420 e. The summed E-state index contributed by atoms with van der Waals surface area (Å²) in [6.45, 7) is 2.15. The van der Waals surface area contributed by atoms with E-state index in [0.29, 0.717) is 11.5 Å². The molecule has 0 bridgehead atoms.